The van der Waals surface area contributed by atoms with Crippen LogP contribution >= 0.6 is 21.6 Å². The topological polar surface area (TPSA) is 134 Å². The molecule has 1 saturated heterocycles. The number of carbonyl (C=O) groups is 1. The lowest BCUT2D eigenvalue weighted by molar-refractivity contribution is -0.173. The van der Waals surface area contributed by atoms with Crippen molar-refractivity contribution < 1.29 is 32.9 Å². The lowest BCUT2D eigenvalue weighted by atomic mass is 10.2. The normalized spacial score (nSPS) is 25.5. The van der Waals surface area contributed by atoms with E-state index in [9.17, 15) is 37.8 Å². The summed E-state index contributed by atoms with van der Waals surface area (Å²) in [5.41, 5.74) is -1.39. The molecule has 1 fully saturated rings. The number of aliphatic hydroxyl groups is 2. The Hall–Kier alpha value is -1.48. The number of ether oxygens (including phenoxy) is 1. The highest BCUT2D eigenvalue weighted by Crippen LogP contribution is 2.42. The summed E-state index contributed by atoms with van der Waals surface area (Å²) in [6.45, 7) is -0.772. The molecule has 0 saturated carbocycles. The van der Waals surface area contributed by atoms with Crippen LogP contribution in [0.3, 0.4) is 0 Å². The first-order chi connectivity index (χ1) is 12.6. The van der Waals surface area contributed by atoms with Gasteiger partial charge < -0.3 is 20.3 Å². The molecular formula is C13H16F3N3O6S2. The van der Waals surface area contributed by atoms with E-state index in [0.717, 1.165) is 32.2 Å². The van der Waals surface area contributed by atoms with Gasteiger partial charge in [-0.25, -0.2) is 4.79 Å². The number of aromatic amines is 1. The Morgan fingerprint density at radius 2 is 2.11 bits per heavy atom. The third-order valence-corrected chi connectivity index (χ3v) is 6.34. The van der Waals surface area contributed by atoms with Crippen LogP contribution in [-0.2, 0) is 9.53 Å². The molecule has 4 N–H and O–H groups in total. The van der Waals surface area contributed by atoms with Crippen molar-refractivity contribution in [1.82, 2.24) is 14.9 Å². The van der Waals surface area contributed by atoms with Crippen molar-refractivity contribution in [3.63, 3.8) is 0 Å². The van der Waals surface area contributed by atoms with Gasteiger partial charge in [0.1, 0.15) is 6.10 Å². The van der Waals surface area contributed by atoms with Gasteiger partial charge in [0.25, 0.3) is 5.56 Å². The third-order valence-electron chi connectivity index (χ3n) is 3.53. The van der Waals surface area contributed by atoms with E-state index < -0.39 is 53.6 Å². The molecule has 1 aromatic rings. The maximum Gasteiger partial charge on any atom is 0.471 e. The lowest BCUT2D eigenvalue weighted by Crippen LogP contribution is -2.38. The van der Waals surface area contributed by atoms with Gasteiger partial charge in [-0.15, -0.1) is 0 Å². The van der Waals surface area contributed by atoms with Crippen molar-refractivity contribution in [2.24, 2.45) is 0 Å². The lowest BCUT2D eigenvalue weighted by Gasteiger charge is -2.20. The quantitative estimate of drug-likeness (QED) is 0.326. The summed E-state index contributed by atoms with van der Waals surface area (Å²) in [5, 5.41) is 20.5. The monoisotopic (exact) mass is 431 g/mol. The summed E-state index contributed by atoms with van der Waals surface area (Å²) in [5.74, 6) is -1.96. The minimum atomic E-state index is -4.96. The van der Waals surface area contributed by atoms with Gasteiger partial charge in [0.15, 0.2) is 6.23 Å². The van der Waals surface area contributed by atoms with Crippen molar-refractivity contribution >= 4 is 27.5 Å². The van der Waals surface area contributed by atoms with Gasteiger partial charge in [-0.3, -0.25) is 19.1 Å². The van der Waals surface area contributed by atoms with Crippen LogP contribution in [0, 0.1) is 0 Å². The molecule has 4 atom stereocenters. The summed E-state index contributed by atoms with van der Waals surface area (Å²) in [6.07, 6.45) is -6.93. The van der Waals surface area contributed by atoms with E-state index in [2.05, 4.69) is 0 Å². The van der Waals surface area contributed by atoms with Crippen molar-refractivity contribution in [2.75, 3.05) is 18.9 Å². The summed E-state index contributed by atoms with van der Waals surface area (Å²) in [7, 11) is 2.09. The fourth-order valence-corrected chi connectivity index (χ4v) is 4.91. The molecule has 1 unspecified atom stereocenters. The SMILES string of the molecule is O=C(NCCSSC1[C@@H](O)[C@@H](CO)O[C@H]1n1ccc(=O)[nH]c1=O)C(F)(F)F. The predicted molar refractivity (Wildman–Crippen MR) is 91.2 cm³/mol. The molecule has 2 rings (SSSR count). The second-order valence-corrected chi connectivity index (χ2v) is 8.06. The number of aromatic nitrogens is 2. The number of nitrogens with zero attached hydrogens (tertiary/aromatic N) is 1. The van der Waals surface area contributed by atoms with Gasteiger partial charge in [-0.1, -0.05) is 21.6 Å². The van der Waals surface area contributed by atoms with Crippen LogP contribution in [0.4, 0.5) is 13.2 Å². The van der Waals surface area contributed by atoms with Gasteiger partial charge in [-0.2, -0.15) is 13.2 Å². The Balaban J connectivity index is 1.98. The van der Waals surface area contributed by atoms with Crippen LogP contribution in [0.2, 0.25) is 0 Å². The van der Waals surface area contributed by atoms with E-state index in [1.807, 2.05) is 4.98 Å². The highest BCUT2D eigenvalue weighted by Gasteiger charge is 2.45. The number of hydrogen-bond donors (Lipinski definition) is 4. The van der Waals surface area contributed by atoms with Crippen molar-refractivity contribution in [3.05, 3.63) is 33.1 Å². The highest BCUT2D eigenvalue weighted by atomic mass is 33.1. The van der Waals surface area contributed by atoms with Crippen LogP contribution in [0.25, 0.3) is 0 Å². The number of aliphatic hydroxyl groups excluding tert-OH is 2. The van der Waals surface area contributed by atoms with E-state index in [1.165, 1.54) is 6.20 Å². The van der Waals surface area contributed by atoms with Crippen LogP contribution in [-0.4, -0.2) is 68.2 Å². The zero-order chi connectivity index (χ0) is 20.2. The average molecular weight is 431 g/mol. The molecule has 0 bridgehead atoms. The van der Waals surface area contributed by atoms with Crippen LogP contribution in [0.15, 0.2) is 21.9 Å². The average Bonchev–Trinajstić information content (AvgIpc) is 2.89. The van der Waals surface area contributed by atoms with E-state index in [0.29, 0.717) is 0 Å². The summed E-state index contributed by atoms with van der Waals surface area (Å²) in [4.78, 5) is 35.9. The molecule has 9 nitrogen and oxygen atoms in total. The Labute approximate surface area is 157 Å². The fraction of sp³-hybridized carbons (Fsp3) is 0.615. The molecule has 0 radical (unpaired) electrons. The molecule has 1 aliphatic rings. The number of alkyl halides is 3. The van der Waals surface area contributed by atoms with E-state index >= 15 is 0 Å². The molecule has 14 heteroatoms. The number of rotatable bonds is 7. The number of halogens is 3. The van der Waals surface area contributed by atoms with E-state index in [1.54, 1.807) is 5.32 Å². The first-order valence-electron chi connectivity index (χ1n) is 7.54. The molecule has 27 heavy (non-hydrogen) atoms. The van der Waals surface area contributed by atoms with E-state index in [4.69, 9.17) is 4.74 Å². The molecular weight excluding hydrogens is 415 g/mol. The Kier molecular flexibility index (Phi) is 7.39. The molecule has 1 aromatic heterocycles. The molecule has 1 aliphatic heterocycles. The number of H-pyrrole nitrogens is 1. The van der Waals surface area contributed by atoms with Gasteiger partial charge in [-0.05, 0) is 0 Å². The first kappa shape index (κ1) is 21.8. The third kappa shape index (κ3) is 5.51. The molecule has 0 spiro atoms. The first-order valence-corrected chi connectivity index (χ1v) is 9.92. The second-order valence-electron chi connectivity index (χ2n) is 5.39. The van der Waals surface area contributed by atoms with Crippen molar-refractivity contribution in [2.45, 2.75) is 29.9 Å². The van der Waals surface area contributed by atoms with Crippen LogP contribution in [0.5, 0.6) is 0 Å². The predicted octanol–water partition coefficient (Wildman–Crippen LogP) is -0.784. The standard InChI is InChI=1S/C13H16F3N3O6S2/c14-13(15,16)11(23)17-2-4-26-27-9-8(22)6(5-20)25-10(9)19-3-1-7(21)18-12(19)24/h1,3,6,8-10,20,22H,2,4-5H2,(H,17,23)(H,18,21,24)/t6-,8+,9?,10-/m1/s1. The zero-order valence-corrected chi connectivity index (χ0v) is 15.1. The number of amides is 1. The van der Waals surface area contributed by atoms with Gasteiger partial charge in [0.05, 0.1) is 18.0 Å². The van der Waals surface area contributed by atoms with Gasteiger partial charge in [0, 0.05) is 24.6 Å². The molecule has 2 heterocycles. The number of hydrogen-bond acceptors (Lipinski definition) is 8. The minimum absolute atomic E-state index is 0.0900. The summed E-state index contributed by atoms with van der Waals surface area (Å²) < 4.78 is 42.8. The van der Waals surface area contributed by atoms with Crippen molar-refractivity contribution in [3.8, 4) is 0 Å². The summed E-state index contributed by atoms with van der Waals surface area (Å²) >= 11 is 0. The van der Waals surface area contributed by atoms with E-state index in [-0.39, 0.29) is 12.3 Å². The maximum absolute atomic E-state index is 12.1. The molecule has 0 aromatic carbocycles. The maximum atomic E-state index is 12.1. The zero-order valence-electron chi connectivity index (χ0n) is 13.5. The molecule has 152 valence electrons. The fourth-order valence-electron chi connectivity index (χ4n) is 2.26. The summed E-state index contributed by atoms with van der Waals surface area (Å²) in [6, 6.07) is 1.09. The molecule has 1 amide bonds. The van der Waals surface area contributed by atoms with Crippen molar-refractivity contribution in [1.29, 1.82) is 0 Å². The molecule has 0 aliphatic carbocycles. The minimum Gasteiger partial charge on any atom is -0.394 e. The van der Waals surface area contributed by atoms with Gasteiger partial charge >= 0.3 is 17.8 Å². The van der Waals surface area contributed by atoms with Gasteiger partial charge in [0.2, 0.25) is 0 Å². The number of nitrogens with one attached hydrogen (secondary N) is 2. The Morgan fingerprint density at radius 1 is 1.41 bits per heavy atom. The smallest absolute Gasteiger partial charge is 0.394 e. The second kappa shape index (κ2) is 9.14. The number of carbonyl (C=O) groups excluding carboxylic acids is 1. The largest absolute Gasteiger partial charge is 0.471 e. The Bertz CT molecular complexity index is 771. The Morgan fingerprint density at radius 3 is 2.70 bits per heavy atom. The van der Waals surface area contributed by atoms with Crippen LogP contribution in [0.1, 0.15) is 6.23 Å². The highest BCUT2D eigenvalue weighted by molar-refractivity contribution is 8.77. The van der Waals surface area contributed by atoms with Crippen LogP contribution < -0.4 is 16.6 Å².